The third kappa shape index (κ3) is 19.2. The Balaban J connectivity index is 0. The molecule has 0 aromatic rings. The zero-order valence-corrected chi connectivity index (χ0v) is 11.3. The van der Waals surface area contributed by atoms with Crippen molar-refractivity contribution in [1.82, 2.24) is 0 Å². The van der Waals surface area contributed by atoms with Gasteiger partial charge in [0.25, 0.3) is 3.60 Å². The van der Waals surface area contributed by atoms with Gasteiger partial charge in [0.05, 0.1) is 0 Å². The molecule has 0 aromatic heterocycles. The van der Waals surface area contributed by atoms with E-state index in [0.717, 1.165) is 0 Å². The van der Waals surface area contributed by atoms with Crippen LogP contribution in [-0.4, -0.2) is 3.60 Å². The van der Waals surface area contributed by atoms with Crippen LogP contribution in [0.3, 0.4) is 0 Å². The second-order valence-electron chi connectivity index (χ2n) is 2.37. The Hall–Kier alpha value is 0.616. The minimum Gasteiger partial charge on any atom is -0.273 e. The van der Waals surface area contributed by atoms with Crippen LogP contribution >= 0.6 is 31.9 Å². The first-order valence-electron chi connectivity index (χ1n) is 3.90. The molecule has 0 aliphatic heterocycles. The van der Waals surface area contributed by atoms with Crippen LogP contribution in [0.15, 0.2) is 24.3 Å². The van der Waals surface area contributed by atoms with Crippen molar-refractivity contribution in [2.45, 2.75) is 25.7 Å². The molecule has 0 saturated carbocycles. The summed E-state index contributed by atoms with van der Waals surface area (Å²) in [6.07, 6.45) is 14.0. The second-order valence-corrected chi connectivity index (χ2v) is 4.87. The molecule has 0 heterocycles. The van der Waals surface area contributed by atoms with Crippen LogP contribution in [-0.2, 0) is 16.8 Å². The molecule has 0 amide bonds. The summed E-state index contributed by atoms with van der Waals surface area (Å²) in [5.74, 6) is 0. The molecule has 13 heavy (non-hydrogen) atoms. The zero-order chi connectivity index (χ0) is 9.23. The largest absolute Gasteiger partial charge is 0.273 e. The molecular formula is C9H12Br2CoO. The number of carbonyl (C=O) groups excluding carboxylic acids is 1. The predicted octanol–water partition coefficient (Wildman–Crippen LogP) is 4.57. The molecule has 0 fully saturated rings. The summed E-state index contributed by atoms with van der Waals surface area (Å²) in [5, 5.41) is 0. The van der Waals surface area contributed by atoms with Gasteiger partial charge in [-0.25, -0.2) is 0 Å². The van der Waals surface area contributed by atoms with Crippen molar-refractivity contribution >= 4 is 35.5 Å². The first kappa shape index (κ1) is 16.1. The molecule has 1 rings (SSSR count). The van der Waals surface area contributed by atoms with Gasteiger partial charge in [0.2, 0.25) is 0 Å². The summed E-state index contributed by atoms with van der Waals surface area (Å²) in [5.41, 5.74) is 0. The summed E-state index contributed by atoms with van der Waals surface area (Å²) >= 11 is 5.10. The van der Waals surface area contributed by atoms with Crippen LogP contribution in [0, 0.1) is 0 Å². The molecule has 4 heteroatoms. The summed E-state index contributed by atoms with van der Waals surface area (Å²) in [7, 11) is 0. The van der Waals surface area contributed by atoms with Crippen molar-refractivity contribution in [1.29, 1.82) is 0 Å². The topological polar surface area (TPSA) is 17.1 Å². The molecular weight excluding hydrogens is 343 g/mol. The van der Waals surface area contributed by atoms with Crippen molar-refractivity contribution < 1.29 is 21.6 Å². The van der Waals surface area contributed by atoms with Gasteiger partial charge in [0.1, 0.15) is 0 Å². The van der Waals surface area contributed by atoms with Crippen LogP contribution < -0.4 is 0 Å². The van der Waals surface area contributed by atoms with Crippen molar-refractivity contribution in [3.63, 3.8) is 0 Å². The molecule has 0 spiro atoms. The van der Waals surface area contributed by atoms with E-state index < -0.39 is 0 Å². The summed E-state index contributed by atoms with van der Waals surface area (Å²) < 4.78 is -0.208. The average Bonchev–Trinajstić information content (AvgIpc) is 1.82. The Morgan fingerprint density at radius 1 is 1.00 bits per heavy atom. The Morgan fingerprint density at radius 3 is 1.62 bits per heavy atom. The van der Waals surface area contributed by atoms with E-state index in [9.17, 15) is 4.79 Å². The van der Waals surface area contributed by atoms with E-state index in [4.69, 9.17) is 0 Å². The Kier molecular flexibility index (Phi) is 15.6. The van der Waals surface area contributed by atoms with E-state index >= 15 is 0 Å². The maximum atomic E-state index is 9.28. The summed E-state index contributed by atoms with van der Waals surface area (Å²) in [6.45, 7) is 0. The van der Waals surface area contributed by atoms with Crippen LogP contribution in [0.2, 0.25) is 0 Å². The fraction of sp³-hybridized carbons (Fsp3) is 0.444. The monoisotopic (exact) mass is 353 g/mol. The van der Waals surface area contributed by atoms with Gasteiger partial charge in [-0.15, -0.1) is 0 Å². The van der Waals surface area contributed by atoms with Gasteiger partial charge in [0.15, 0.2) is 0 Å². The fourth-order valence-electron chi connectivity index (χ4n) is 0.874. The van der Waals surface area contributed by atoms with Crippen LogP contribution in [0.5, 0.6) is 0 Å². The minimum atomic E-state index is -0.208. The molecule has 1 aliphatic carbocycles. The SMILES string of the molecule is C1=C\CCCC\C=C/1.O=C(Br)Br.[Co]. The van der Waals surface area contributed by atoms with Gasteiger partial charge < -0.3 is 0 Å². The summed E-state index contributed by atoms with van der Waals surface area (Å²) in [4.78, 5) is 9.28. The molecule has 1 aliphatic rings. The van der Waals surface area contributed by atoms with E-state index in [0.29, 0.717) is 0 Å². The number of allylic oxidation sites excluding steroid dienone is 4. The van der Waals surface area contributed by atoms with Gasteiger partial charge in [-0.05, 0) is 25.7 Å². The Morgan fingerprint density at radius 2 is 1.31 bits per heavy atom. The van der Waals surface area contributed by atoms with E-state index in [1.54, 1.807) is 0 Å². The molecule has 0 unspecified atom stereocenters. The third-order valence-corrected chi connectivity index (χ3v) is 1.37. The van der Waals surface area contributed by atoms with Gasteiger partial charge in [-0.3, -0.25) is 4.79 Å². The smallest absolute Gasteiger partial charge is 0.262 e. The Bertz CT molecular complexity index is 160. The van der Waals surface area contributed by atoms with Crippen molar-refractivity contribution in [3.05, 3.63) is 24.3 Å². The molecule has 77 valence electrons. The van der Waals surface area contributed by atoms with E-state index in [-0.39, 0.29) is 20.4 Å². The first-order valence-corrected chi connectivity index (χ1v) is 5.48. The molecule has 1 nitrogen and oxygen atoms in total. The normalized spacial score (nSPS) is 19.2. The number of halogens is 2. The first-order chi connectivity index (χ1) is 5.73. The van der Waals surface area contributed by atoms with Crippen molar-refractivity contribution in [3.8, 4) is 0 Å². The molecule has 0 bridgehead atoms. The third-order valence-electron chi connectivity index (χ3n) is 1.37. The van der Waals surface area contributed by atoms with Gasteiger partial charge in [-0.2, -0.15) is 0 Å². The number of hydrogen-bond acceptors (Lipinski definition) is 1. The zero-order valence-electron chi connectivity index (χ0n) is 7.14. The van der Waals surface area contributed by atoms with E-state index in [1.807, 2.05) is 0 Å². The maximum Gasteiger partial charge on any atom is 0.262 e. The van der Waals surface area contributed by atoms with Gasteiger partial charge >= 0.3 is 0 Å². The van der Waals surface area contributed by atoms with E-state index in [1.165, 1.54) is 25.7 Å². The van der Waals surface area contributed by atoms with E-state index in [2.05, 4.69) is 56.2 Å². The molecule has 0 atom stereocenters. The number of hydrogen-bond donors (Lipinski definition) is 0. The quantitative estimate of drug-likeness (QED) is 0.582. The molecule has 0 N–H and O–H groups in total. The van der Waals surface area contributed by atoms with Crippen molar-refractivity contribution in [2.24, 2.45) is 0 Å². The maximum absolute atomic E-state index is 9.28. The summed E-state index contributed by atoms with van der Waals surface area (Å²) in [6, 6.07) is 0. The molecule has 0 saturated heterocycles. The molecule has 0 aromatic carbocycles. The average molecular weight is 355 g/mol. The number of rotatable bonds is 0. The Labute approximate surface area is 106 Å². The standard InChI is InChI=1S/C8H12.CBr2O.Co/c1-2-4-6-8-7-5-3-1;2-1(3)4;/h1-4H,5-8H2;;/b3-1-,4-2-;;. The predicted molar refractivity (Wildman–Crippen MR) is 60.0 cm³/mol. The van der Waals surface area contributed by atoms with Crippen LogP contribution in [0.1, 0.15) is 25.7 Å². The fourth-order valence-corrected chi connectivity index (χ4v) is 0.874. The van der Waals surface area contributed by atoms with Crippen molar-refractivity contribution in [2.75, 3.05) is 0 Å². The van der Waals surface area contributed by atoms with Gasteiger partial charge in [0, 0.05) is 48.6 Å². The van der Waals surface area contributed by atoms with Gasteiger partial charge in [-0.1, -0.05) is 24.3 Å². The van der Waals surface area contributed by atoms with Crippen LogP contribution in [0.4, 0.5) is 4.79 Å². The van der Waals surface area contributed by atoms with Crippen LogP contribution in [0.25, 0.3) is 0 Å². The minimum absolute atomic E-state index is 0. The molecule has 1 radical (unpaired) electrons. The number of carbonyl (C=O) groups is 1. The second kappa shape index (κ2) is 12.6.